The fourth-order valence-electron chi connectivity index (χ4n) is 1.62. The highest BCUT2D eigenvalue weighted by molar-refractivity contribution is 7.09. The van der Waals surface area contributed by atoms with Crippen LogP contribution in [0.3, 0.4) is 0 Å². The highest BCUT2D eigenvalue weighted by atomic mass is 32.1. The van der Waals surface area contributed by atoms with Crippen molar-refractivity contribution in [2.45, 2.75) is 13.3 Å². The summed E-state index contributed by atoms with van der Waals surface area (Å²) in [6.07, 6.45) is 0.448. The van der Waals surface area contributed by atoms with Crippen LogP contribution in [0.1, 0.15) is 12.2 Å². The van der Waals surface area contributed by atoms with Crippen molar-refractivity contribution in [2.75, 3.05) is 11.4 Å². The molecule has 0 fully saturated rings. The average molecular weight is 277 g/mol. The van der Waals surface area contributed by atoms with E-state index in [0.717, 1.165) is 16.6 Å². The van der Waals surface area contributed by atoms with Gasteiger partial charge in [0.15, 0.2) is 0 Å². The minimum atomic E-state index is 0.196. The van der Waals surface area contributed by atoms with Gasteiger partial charge in [0.25, 0.3) is 0 Å². The number of anilines is 2. The third-order valence-electron chi connectivity index (χ3n) is 2.54. The van der Waals surface area contributed by atoms with Gasteiger partial charge >= 0.3 is 0 Å². The molecule has 7 heteroatoms. The van der Waals surface area contributed by atoms with Crippen LogP contribution in [0, 0.1) is 6.92 Å². The number of aromatic nitrogens is 2. The van der Waals surface area contributed by atoms with Crippen molar-refractivity contribution in [2.24, 2.45) is 10.9 Å². The first-order chi connectivity index (χ1) is 9.20. The number of hydrogen-bond acceptors (Lipinski definition) is 6. The molecule has 0 aliphatic rings. The Morgan fingerprint density at radius 3 is 2.74 bits per heavy atom. The summed E-state index contributed by atoms with van der Waals surface area (Å²) in [5.74, 6) is 0.937. The predicted octanol–water partition coefficient (Wildman–Crippen LogP) is 2.12. The number of nitrogens with two attached hydrogens (primary N) is 1. The lowest BCUT2D eigenvalue weighted by atomic mass is 10.3. The maximum Gasteiger partial charge on any atom is 0.209 e. The number of para-hydroxylation sites is 1. The molecule has 100 valence electrons. The van der Waals surface area contributed by atoms with Gasteiger partial charge in [-0.1, -0.05) is 23.4 Å². The summed E-state index contributed by atoms with van der Waals surface area (Å²) >= 11 is 1.33. The smallest absolute Gasteiger partial charge is 0.209 e. The zero-order chi connectivity index (χ0) is 13.7. The molecule has 1 aromatic heterocycles. The lowest BCUT2D eigenvalue weighted by Gasteiger charge is -2.21. The summed E-state index contributed by atoms with van der Waals surface area (Å²) in [4.78, 5) is 6.38. The molecule has 0 unspecified atom stereocenters. The molecule has 2 rings (SSSR count). The molecule has 0 radical (unpaired) electrons. The normalized spacial score (nSPS) is 11.5. The molecule has 0 bridgehead atoms. The van der Waals surface area contributed by atoms with Crippen LogP contribution in [-0.4, -0.2) is 26.9 Å². The van der Waals surface area contributed by atoms with Crippen molar-refractivity contribution < 1.29 is 5.21 Å². The van der Waals surface area contributed by atoms with E-state index in [-0.39, 0.29) is 5.84 Å². The van der Waals surface area contributed by atoms with Gasteiger partial charge < -0.3 is 15.8 Å². The van der Waals surface area contributed by atoms with Crippen molar-refractivity contribution in [3.8, 4) is 0 Å². The van der Waals surface area contributed by atoms with E-state index in [1.54, 1.807) is 0 Å². The minimum Gasteiger partial charge on any atom is -0.409 e. The fourth-order valence-corrected chi connectivity index (χ4v) is 2.34. The molecule has 0 aliphatic carbocycles. The maximum absolute atomic E-state index is 8.61. The van der Waals surface area contributed by atoms with Crippen molar-refractivity contribution >= 4 is 28.2 Å². The summed E-state index contributed by atoms with van der Waals surface area (Å²) in [5, 5.41) is 12.4. The van der Waals surface area contributed by atoms with Crippen molar-refractivity contribution in [1.29, 1.82) is 0 Å². The van der Waals surface area contributed by atoms with E-state index >= 15 is 0 Å². The van der Waals surface area contributed by atoms with Gasteiger partial charge in [0.05, 0.1) is 0 Å². The van der Waals surface area contributed by atoms with E-state index < -0.39 is 0 Å². The van der Waals surface area contributed by atoms with E-state index in [2.05, 4.69) is 14.5 Å². The molecule has 0 saturated heterocycles. The standard InChI is InChI=1S/C12H15N5OS/c1-9-14-12(19-16-9)17(8-7-11(13)15-18)10-5-3-2-4-6-10/h2-6,18H,7-8H2,1H3,(H2,13,15). The van der Waals surface area contributed by atoms with Crippen LogP contribution in [0.5, 0.6) is 0 Å². The minimum absolute atomic E-state index is 0.196. The Morgan fingerprint density at radius 2 is 2.16 bits per heavy atom. The Kier molecular flexibility index (Phi) is 4.30. The molecule has 1 heterocycles. The molecule has 0 aliphatic heterocycles. The van der Waals surface area contributed by atoms with Gasteiger partial charge in [0.2, 0.25) is 5.13 Å². The Bertz CT molecular complexity index is 554. The summed E-state index contributed by atoms with van der Waals surface area (Å²) in [7, 11) is 0. The van der Waals surface area contributed by atoms with Gasteiger partial charge in [-0.05, 0) is 19.1 Å². The third-order valence-corrected chi connectivity index (χ3v) is 3.37. The zero-order valence-corrected chi connectivity index (χ0v) is 11.3. The Labute approximate surface area is 115 Å². The molecule has 1 aromatic carbocycles. The second kappa shape index (κ2) is 6.14. The lowest BCUT2D eigenvalue weighted by Crippen LogP contribution is -2.24. The lowest BCUT2D eigenvalue weighted by molar-refractivity contribution is 0.317. The zero-order valence-electron chi connectivity index (χ0n) is 10.5. The van der Waals surface area contributed by atoms with E-state index in [4.69, 9.17) is 10.9 Å². The molecule has 0 spiro atoms. The Morgan fingerprint density at radius 1 is 1.42 bits per heavy atom. The fraction of sp³-hybridized carbons (Fsp3) is 0.250. The highest BCUT2D eigenvalue weighted by Crippen LogP contribution is 2.26. The first-order valence-electron chi connectivity index (χ1n) is 5.80. The summed E-state index contributed by atoms with van der Waals surface area (Å²) in [5.41, 5.74) is 6.53. The van der Waals surface area contributed by atoms with Crippen LogP contribution in [0.2, 0.25) is 0 Å². The number of amidine groups is 1. The number of hydrogen-bond donors (Lipinski definition) is 2. The first kappa shape index (κ1) is 13.3. The van der Waals surface area contributed by atoms with Crippen LogP contribution >= 0.6 is 11.5 Å². The topological polar surface area (TPSA) is 87.6 Å². The molecule has 19 heavy (non-hydrogen) atoms. The summed E-state index contributed by atoms with van der Waals surface area (Å²) in [6, 6.07) is 9.85. The Hall–Kier alpha value is -2.15. The van der Waals surface area contributed by atoms with Gasteiger partial charge in [0, 0.05) is 30.2 Å². The van der Waals surface area contributed by atoms with Crippen molar-refractivity contribution in [1.82, 2.24) is 9.36 Å². The predicted molar refractivity (Wildman–Crippen MR) is 76.1 cm³/mol. The number of benzene rings is 1. The second-order valence-corrected chi connectivity index (χ2v) is 4.68. The molecule has 6 nitrogen and oxygen atoms in total. The molecule has 3 N–H and O–H groups in total. The number of nitrogens with zero attached hydrogens (tertiary/aromatic N) is 4. The van der Waals surface area contributed by atoms with Crippen LogP contribution in [0.15, 0.2) is 35.5 Å². The summed E-state index contributed by atoms with van der Waals surface area (Å²) < 4.78 is 4.19. The van der Waals surface area contributed by atoms with Gasteiger partial charge in [-0.2, -0.15) is 4.37 Å². The second-order valence-electron chi connectivity index (χ2n) is 3.95. The van der Waals surface area contributed by atoms with E-state index in [1.165, 1.54) is 11.5 Å². The van der Waals surface area contributed by atoms with Gasteiger partial charge in [-0.3, -0.25) is 0 Å². The van der Waals surface area contributed by atoms with Gasteiger partial charge in [-0.15, -0.1) is 0 Å². The average Bonchev–Trinajstić information content (AvgIpc) is 2.86. The van der Waals surface area contributed by atoms with Crippen LogP contribution < -0.4 is 10.6 Å². The maximum atomic E-state index is 8.61. The molecule has 0 saturated carbocycles. The van der Waals surface area contributed by atoms with Crippen LogP contribution in [0.25, 0.3) is 0 Å². The molecule has 2 aromatic rings. The van der Waals surface area contributed by atoms with Crippen LogP contribution in [-0.2, 0) is 0 Å². The number of oxime groups is 1. The number of rotatable bonds is 5. The molecular weight excluding hydrogens is 262 g/mol. The van der Waals surface area contributed by atoms with E-state index in [1.807, 2.05) is 42.2 Å². The third kappa shape index (κ3) is 3.41. The van der Waals surface area contributed by atoms with E-state index in [9.17, 15) is 0 Å². The van der Waals surface area contributed by atoms with Crippen molar-refractivity contribution in [3.05, 3.63) is 36.2 Å². The quantitative estimate of drug-likeness (QED) is 0.378. The Balaban J connectivity index is 2.23. The monoisotopic (exact) mass is 277 g/mol. The van der Waals surface area contributed by atoms with E-state index in [0.29, 0.717) is 13.0 Å². The highest BCUT2D eigenvalue weighted by Gasteiger charge is 2.13. The van der Waals surface area contributed by atoms with Crippen molar-refractivity contribution in [3.63, 3.8) is 0 Å². The molecular formula is C12H15N5OS. The first-order valence-corrected chi connectivity index (χ1v) is 6.57. The molecule has 0 atom stereocenters. The van der Waals surface area contributed by atoms with Crippen LogP contribution in [0.4, 0.5) is 10.8 Å². The SMILES string of the molecule is Cc1nsc(N(CCC(N)=NO)c2ccccc2)n1. The van der Waals surface area contributed by atoms with Gasteiger partial charge in [-0.25, -0.2) is 4.98 Å². The summed E-state index contributed by atoms with van der Waals surface area (Å²) in [6.45, 7) is 2.43. The molecule has 0 amide bonds. The van der Waals surface area contributed by atoms with Gasteiger partial charge in [0.1, 0.15) is 11.7 Å². The largest absolute Gasteiger partial charge is 0.409 e. The number of aryl methyl sites for hydroxylation is 1.